The first kappa shape index (κ1) is 39.5. The second-order valence-corrected chi connectivity index (χ2v) is 23.0. The number of thiophene rings is 2. The lowest BCUT2D eigenvalue weighted by Gasteiger charge is -2.41. The Morgan fingerprint density at radius 1 is 0.522 bits per heavy atom. The SMILES string of the molecule is Cc1ccc(Nc2cc3sc4cc5c(cc4c3cc2-c2cc(-c3ccc4c(c3)sc3ccccc34)c3c4c6ccccc6ccc4n4c3c2[B]c2cc(C)ccc2-4)C(C)(C)CCC5(C)C)cc1. The highest BCUT2D eigenvalue weighted by atomic mass is 32.1. The van der Waals surface area contributed by atoms with Crippen molar-refractivity contribution in [3.05, 3.63) is 174 Å². The van der Waals surface area contributed by atoms with E-state index in [0.29, 0.717) is 0 Å². The first-order valence-corrected chi connectivity index (χ1v) is 25.4. The topological polar surface area (TPSA) is 17.0 Å². The fourth-order valence-electron chi connectivity index (χ4n) is 11.9. The molecule has 2 nitrogen and oxygen atoms in total. The number of fused-ring (bicyclic) bond motifs is 14. The van der Waals surface area contributed by atoms with Crippen molar-refractivity contribution < 1.29 is 0 Å². The van der Waals surface area contributed by atoms with Crippen LogP contribution in [0.5, 0.6) is 0 Å². The van der Waals surface area contributed by atoms with Crippen molar-refractivity contribution in [2.75, 3.05) is 5.32 Å². The van der Waals surface area contributed by atoms with E-state index in [2.05, 4.69) is 210 Å². The van der Waals surface area contributed by atoms with Gasteiger partial charge in [-0.2, -0.15) is 0 Å². The molecule has 14 rings (SSSR count). The molecule has 12 aromatic rings. The lowest BCUT2D eigenvalue weighted by Crippen LogP contribution is -2.37. The minimum absolute atomic E-state index is 0.112. The van der Waals surface area contributed by atoms with Gasteiger partial charge < -0.3 is 9.88 Å². The lowest BCUT2D eigenvalue weighted by atomic mass is 9.58. The molecular weight excluding hydrogens is 848 g/mol. The van der Waals surface area contributed by atoms with Crippen LogP contribution in [0.25, 0.3) is 101 Å². The molecule has 0 amide bonds. The highest BCUT2D eigenvalue weighted by Gasteiger charge is 2.38. The predicted octanol–water partition coefficient (Wildman–Crippen LogP) is 16.7. The summed E-state index contributed by atoms with van der Waals surface area (Å²) >= 11 is 3.84. The monoisotopic (exact) mass is 895 g/mol. The molecule has 1 aliphatic heterocycles. The van der Waals surface area contributed by atoms with Crippen LogP contribution in [0.2, 0.25) is 0 Å². The summed E-state index contributed by atoms with van der Waals surface area (Å²) in [6, 6.07) is 58.2. The third-order valence-electron chi connectivity index (χ3n) is 15.6. The zero-order chi connectivity index (χ0) is 45.1. The van der Waals surface area contributed by atoms with Crippen molar-refractivity contribution in [2.24, 2.45) is 0 Å². The molecule has 0 saturated heterocycles. The average molecular weight is 896 g/mol. The van der Waals surface area contributed by atoms with Crippen molar-refractivity contribution in [3.63, 3.8) is 0 Å². The van der Waals surface area contributed by atoms with Crippen LogP contribution in [-0.4, -0.2) is 11.8 Å². The van der Waals surface area contributed by atoms with E-state index in [1.165, 1.54) is 147 Å². The molecule has 0 bridgehead atoms. The standard InChI is InChI=1S/C62H48BN2S2/c1-34-15-20-38(21-16-34)64-50-33-56-44(45-31-47-48(32-55(45)67-56)62(5,6)26-25-61(47,3)4)30-43(50)46-29-42(37-18-22-41-40-13-9-10-14-53(40)66-54(41)28-37)58-57-39-12-8-7-11-36(39)19-24-52(57)65-51-23-17-35(2)27-49(51)63-59(46)60(58)65/h7-24,27-33,64H,25-26H2,1-6H3. The highest BCUT2D eigenvalue weighted by molar-refractivity contribution is 7.26. The number of benzene rings is 9. The molecule has 1 aliphatic carbocycles. The van der Waals surface area contributed by atoms with Gasteiger partial charge in [0, 0.05) is 79.3 Å². The van der Waals surface area contributed by atoms with Crippen molar-refractivity contribution >= 4 is 125 Å². The Balaban J connectivity index is 1.14. The van der Waals surface area contributed by atoms with Gasteiger partial charge in [-0.3, -0.25) is 0 Å². The maximum Gasteiger partial charge on any atom is 0.197 e. The van der Waals surface area contributed by atoms with E-state index in [4.69, 9.17) is 0 Å². The van der Waals surface area contributed by atoms with E-state index >= 15 is 0 Å². The van der Waals surface area contributed by atoms with E-state index < -0.39 is 0 Å². The first-order chi connectivity index (χ1) is 32.5. The summed E-state index contributed by atoms with van der Waals surface area (Å²) in [5.74, 6) is 0. The minimum Gasteiger partial charge on any atom is -0.355 e. The number of aryl methyl sites for hydroxylation is 2. The number of nitrogens with one attached hydrogen (secondary N) is 1. The first-order valence-electron chi connectivity index (χ1n) is 23.8. The molecule has 2 aliphatic rings. The molecule has 3 aromatic heterocycles. The second kappa shape index (κ2) is 13.9. The molecular formula is C62H48BN2S2. The van der Waals surface area contributed by atoms with E-state index in [1.807, 2.05) is 22.7 Å². The van der Waals surface area contributed by atoms with Crippen LogP contribution in [0.15, 0.2) is 152 Å². The van der Waals surface area contributed by atoms with Gasteiger partial charge >= 0.3 is 0 Å². The third-order valence-corrected chi connectivity index (χ3v) is 17.8. The van der Waals surface area contributed by atoms with Crippen LogP contribution >= 0.6 is 22.7 Å². The molecule has 0 atom stereocenters. The lowest BCUT2D eigenvalue weighted by molar-refractivity contribution is 0.332. The van der Waals surface area contributed by atoms with Crippen molar-refractivity contribution in [1.29, 1.82) is 0 Å². The van der Waals surface area contributed by atoms with Crippen LogP contribution in [-0.2, 0) is 10.8 Å². The Morgan fingerprint density at radius 2 is 1.21 bits per heavy atom. The summed E-state index contributed by atoms with van der Waals surface area (Å²) in [5, 5.41) is 14.5. The van der Waals surface area contributed by atoms with Gasteiger partial charge in [0.1, 0.15) is 0 Å². The zero-order valence-corrected chi connectivity index (χ0v) is 40.3. The Morgan fingerprint density at radius 3 is 2.04 bits per heavy atom. The largest absolute Gasteiger partial charge is 0.355 e. The molecule has 0 spiro atoms. The summed E-state index contributed by atoms with van der Waals surface area (Å²) in [7, 11) is 2.49. The highest BCUT2D eigenvalue weighted by Crippen LogP contribution is 2.51. The second-order valence-electron chi connectivity index (χ2n) is 20.8. The number of anilines is 2. The number of hydrogen-bond donors (Lipinski definition) is 1. The van der Waals surface area contributed by atoms with Gasteiger partial charge in [-0.25, -0.2) is 0 Å². The molecule has 0 unspecified atom stereocenters. The third kappa shape index (κ3) is 5.81. The van der Waals surface area contributed by atoms with Crippen LogP contribution in [0.4, 0.5) is 11.4 Å². The van der Waals surface area contributed by atoms with E-state index in [9.17, 15) is 0 Å². The van der Waals surface area contributed by atoms with Crippen LogP contribution in [0, 0.1) is 13.8 Å². The van der Waals surface area contributed by atoms with Gasteiger partial charge in [0.25, 0.3) is 0 Å². The van der Waals surface area contributed by atoms with Crippen molar-refractivity contribution in [2.45, 2.75) is 65.2 Å². The maximum atomic E-state index is 4.01. The molecule has 9 aromatic carbocycles. The molecule has 0 saturated carbocycles. The molecule has 67 heavy (non-hydrogen) atoms. The number of hydrogen-bond acceptors (Lipinski definition) is 3. The van der Waals surface area contributed by atoms with Crippen molar-refractivity contribution in [3.8, 4) is 27.9 Å². The van der Waals surface area contributed by atoms with Gasteiger partial charge in [-0.1, -0.05) is 129 Å². The van der Waals surface area contributed by atoms with Crippen molar-refractivity contribution in [1.82, 2.24) is 4.57 Å². The minimum atomic E-state index is 0.112. The Kier molecular flexibility index (Phi) is 8.22. The Hall–Kier alpha value is -6.66. The average Bonchev–Trinajstić information content (AvgIpc) is 4.00. The summed E-state index contributed by atoms with van der Waals surface area (Å²) in [6.45, 7) is 14.2. The zero-order valence-electron chi connectivity index (χ0n) is 38.7. The van der Waals surface area contributed by atoms with Gasteiger partial charge in [0.2, 0.25) is 0 Å². The number of nitrogens with zero attached hydrogens (tertiary/aromatic N) is 1. The molecule has 5 heteroatoms. The molecule has 1 radical (unpaired) electrons. The van der Waals surface area contributed by atoms with Crippen LogP contribution < -0.4 is 16.2 Å². The quantitative estimate of drug-likeness (QED) is 0.174. The summed E-state index contributed by atoms with van der Waals surface area (Å²) in [5.41, 5.74) is 19.1. The van der Waals surface area contributed by atoms with Crippen LogP contribution in [0.3, 0.4) is 0 Å². The van der Waals surface area contributed by atoms with Crippen LogP contribution in [0.1, 0.15) is 62.8 Å². The smallest absolute Gasteiger partial charge is 0.197 e. The molecule has 4 heterocycles. The predicted molar refractivity (Wildman–Crippen MR) is 294 cm³/mol. The van der Waals surface area contributed by atoms with Gasteiger partial charge in [-0.05, 0) is 148 Å². The van der Waals surface area contributed by atoms with Gasteiger partial charge in [-0.15, -0.1) is 22.7 Å². The molecule has 321 valence electrons. The fraction of sp³-hybridized carbons (Fsp3) is 0.161. The summed E-state index contributed by atoms with van der Waals surface area (Å²) < 4.78 is 7.91. The van der Waals surface area contributed by atoms with E-state index in [1.54, 1.807) is 0 Å². The van der Waals surface area contributed by atoms with Gasteiger partial charge in [0.15, 0.2) is 7.28 Å². The maximum absolute atomic E-state index is 4.01. The molecule has 0 fully saturated rings. The number of rotatable bonds is 4. The summed E-state index contributed by atoms with van der Waals surface area (Å²) in [4.78, 5) is 0. The fourth-order valence-corrected chi connectivity index (χ4v) is 14.2. The Bertz CT molecular complexity index is 4120. The molecule has 1 N–H and O–H groups in total. The number of aromatic nitrogens is 1. The summed E-state index contributed by atoms with van der Waals surface area (Å²) in [6.07, 6.45) is 2.39. The van der Waals surface area contributed by atoms with E-state index in [-0.39, 0.29) is 10.8 Å². The normalized spacial score (nSPS) is 15.0. The van der Waals surface area contributed by atoms with Gasteiger partial charge in [0.05, 0.1) is 5.52 Å². The van der Waals surface area contributed by atoms with E-state index in [0.717, 1.165) is 11.4 Å². The Labute approximate surface area is 399 Å².